The number of carbonyl (C=O) groups is 2. The summed E-state index contributed by atoms with van der Waals surface area (Å²) in [5.74, 6) is -0.404. The SMILES string of the molecule is COC(=O)CCCCCC[C@H]1C(=O)CC(O)[C@@H]1SCC(C)(O)c1ccc(F)cc1. The van der Waals surface area contributed by atoms with Crippen molar-refractivity contribution in [3.63, 3.8) is 0 Å². The van der Waals surface area contributed by atoms with Gasteiger partial charge in [-0.3, -0.25) is 9.59 Å². The summed E-state index contributed by atoms with van der Waals surface area (Å²) in [5, 5.41) is 20.9. The molecular formula is C22H31FO5S. The number of ether oxygens (including phenoxy) is 1. The molecule has 1 aromatic carbocycles. The van der Waals surface area contributed by atoms with Gasteiger partial charge in [0.25, 0.3) is 0 Å². The lowest BCUT2D eigenvalue weighted by molar-refractivity contribution is -0.140. The Morgan fingerprint density at radius 1 is 1.24 bits per heavy atom. The van der Waals surface area contributed by atoms with Gasteiger partial charge in [0.15, 0.2) is 0 Å². The van der Waals surface area contributed by atoms with Crippen molar-refractivity contribution in [1.82, 2.24) is 0 Å². The first kappa shape index (κ1) is 23.8. The van der Waals surface area contributed by atoms with Gasteiger partial charge in [-0.1, -0.05) is 31.4 Å². The standard InChI is InChI=1S/C22H31FO5S/c1-22(27,15-9-11-16(23)12-10-15)14-29-21-17(18(24)13-19(21)25)7-5-3-4-6-8-20(26)28-2/h9-12,17,19,21,25,27H,3-8,13-14H2,1-2H3/t17-,19?,21+,22?/m0/s1. The lowest BCUT2D eigenvalue weighted by atomic mass is 9.97. The molecule has 29 heavy (non-hydrogen) atoms. The molecule has 0 spiro atoms. The molecule has 1 aliphatic carbocycles. The summed E-state index contributed by atoms with van der Waals surface area (Å²) >= 11 is 1.41. The summed E-state index contributed by atoms with van der Waals surface area (Å²) in [6, 6.07) is 5.73. The van der Waals surface area contributed by atoms with Gasteiger partial charge in [-0.05, 0) is 37.5 Å². The van der Waals surface area contributed by atoms with E-state index in [1.807, 2.05) is 0 Å². The summed E-state index contributed by atoms with van der Waals surface area (Å²) in [5.41, 5.74) is -0.574. The number of halogens is 1. The maximum Gasteiger partial charge on any atom is 0.305 e. The van der Waals surface area contributed by atoms with Crippen molar-refractivity contribution in [2.24, 2.45) is 5.92 Å². The van der Waals surface area contributed by atoms with Gasteiger partial charge in [0.05, 0.1) is 18.8 Å². The number of thioether (sulfide) groups is 1. The molecule has 1 aromatic rings. The van der Waals surface area contributed by atoms with Crippen molar-refractivity contribution in [1.29, 1.82) is 0 Å². The molecule has 0 aromatic heterocycles. The van der Waals surface area contributed by atoms with E-state index in [4.69, 9.17) is 0 Å². The maximum atomic E-state index is 13.1. The number of hydrogen-bond donors (Lipinski definition) is 2. The van der Waals surface area contributed by atoms with Gasteiger partial charge in [-0.2, -0.15) is 11.8 Å². The Kier molecular flexibility index (Phi) is 9.11. The highest BCUT2D eigenvalue weighted by molar-refractivity contribution is 8.00. The van der Waals surface area contributed by atoms with Crippen LogP contribution in [0.25, 0.3) is 0 Å². The lowest BCUT2D eigenvalue weighted by Gasteiger charge is -2.28. The smallest absolute Gasteiger partial charge is 0.305 e. The van der Waals surface area contributed by atoms with E-state index in [1.54, 1.807) is 19.1 Å². The monoisotopic (exact) mass is 426 g/mol. The number of methoxy groups -OCH3 is 1. The molecule has 0 amide bonds. The number of ketones is 1. The van der Waals surface area contributed by atoms with E-state index in [0.29, 0.717) is 24.2 Å². The van der Waals surface area contributed by atoms with Crippen molar-refractivity contribution < 1.29 is 28.9 Å². The zero-order valence-corrected chi connectivity index (χ0v) is 17.9. The van der Waals surface area contributed by atoms with Gasteiger partial charge >= 0.3 is 5.97 Å². The fraction of sp³-hybridized carbons (Fsp3) is 0.636. The third-order valence-corrected chi connectivity index (χ3v) is 7.25. The highest BCUT2D eigenvalue weighted by atomic mass is 32.2. The number of Topliss-reactive ketones (excluding diaryl/α,β-unsaturated/α-hetero) is 1. The molecular weight excluding hydrogens is 395 g/mol. The van der Waals surface area contributed by atoms with Crippen LogP contribution in [0.2, 0.25) is 0 Å². The van der Waals surface area contributed by atoms with E-state index in [9.17, 15) is 24.2 Å². The van der Waals surface area contributed by atoms with Gasteiger partial charge in [0.2, 0.25) is 0 Å². The van der Waals surface area contributed by atoms with Gasteiger partial charge in [0, 0.05) is 29.8 Å². The summed E-state index contributed by atoms with van der Waals surface area (Å²) in [6.07, 6.45) is 4.00. The first-order valence-corrected chi connectivity index (χ1v) is 11.2. The molecule has 5 nitrogen and oxygen atoms in total. The Bertz CT molecular complexity index is 676. The fourth-order valence-corrected chi connectivity index (χ4v) is 5.24. The predicted octanol–water partition coefficient (Wildman–Crippen LogP) is 3.60. The lowest BCUT2D eigenvalue weighted by Crippen LogP contribution is -2.30. The second-order valence-corrected chi connectivity index (χ2v) is 9.10. The van der Waals surface area contributed by atoms with Crippen molar-refractivity contribution in [2.45, 2.75) is 68.8 Å². The largest absolute Gasteiger partial charge is 0.469 e. The van der Waals surface area contributed by atoms with Crippen LogP contribution in [0.5, 0.6) is 0 Å². The number of unbranched alkanes of at least 4 members (excludes halogenated alkanes) is 3. The zero-order valence-electron chi connectivity index (χ0n) is 17.1. The number of aliphatic hydroxyl groups excluding tert-OH is 1. The number of aliphatic hydroxyl groups is 2. The number of benzene rings is 1. The van der Waals surface area contributed by atoms with Gasteiger partial charge < -0.3 is 14.9 Å². The second kappa shape index (κ2) is 11.1. The first-order valence-electron chi connectivity index (χ1n) is 10.1. The van der Waals surface area contributed by atoms with Crippen LogP contribution in [0.3, 0.4) is 0 Å². The molecule has 2 N–H and O–H groups in total. The highest BCUT2D eigenvalue weighted by Crippen LogP contribution is 2.39. The maximum absolute atomic E-state index is 13.1. The summed E-state index contributed by atoms with van der Waals surface area (Å²) in [6.45, 7) is 1.66. The minimum absolute atomic E-state index is 0.0750. The van der Waals surface area contributed by atoms with Crippen LogP contribution in [0.1, 0.15) is 57.4 Å². The van der Waals surface area contributed by atoms with E-state index in [2.05, 4.69) is 4.74 Å². The minimum Gasteiger partial charge on any atom is -0.469 e. The van der Waals surface area contributed by atoms with Crippen LogP contribution in [-0.4, -0.2) is 46.2 Å². The third kappa shape index (κ3) is 7.08. The number of carbonyl (C=O) groups excluding carboxylic acids is 2. The fourth-order valence-electron chi connectivity index (χ4n) is 3.72. The minimum atomic E-state index is -1.18. The average molecular weight is 427 g/mol. The number of rotatable bonds is 11. The Labute approximate surface area is 176 Å². The molecule has 0 bridgehead atoms. The van der Waals surface area contributed by atoms with E-state index < -0.39 is 11.7 Å². The van der Waals surface area contributed by atoms with E-state index in [1.165, 1.54) is 31.0 Å². The van der Waals surface area contributed by atoms with Crippen molar-refractivity contribution in [2.75, 3.05) is 12.9 Å². The number of hydrogen-bond acceptors (Lipinski definition) is 6. The molecule has 7 heteroatoms. The van der Waals surface area contributed by atoms with Crippen molar-refractivity contribution in [3.05, 3.63) is 35.6 Å². The predicted molar refractivity (Wildman–Crippen MR) is 111 cm³/mol. The molecule has 0 heterocycles. The van der Waals surface area contributed by atoms with Crippen molar-refractivity contribution >= 4 is 23.5 Å². The Balaban J connectivity index is 1.83. The van der Waals surface area contributed by atoms with Gasteiger partial charge in [0.1, 0.15) is 11.6 Å². The quantitative estimate of drug-likeness (QED) is 0.416. The molecule has 162 valence electrons. The normalized spacial score (nSPS) is 23.8. The van der Waals surface area contributed by atoms with Crippen LogP contribution in [-0.2, 0) is 19.9 Å². The molecule has 1 fully saturated rings. The van der Waals surface area contributed by atoms with Crippen LogP contribution >= 0.6 is 11.8 Å². The first-order chi connectivity index (χ1) is 13.7. The Hall–Kier alpha value is -1.44. The zero-order chi connectivity index (χ0) is 21.4. The third-order valence-electron chi connectivity index (χ3n) is 5.50. The molecule has 0 radical (unpaired) electrons. The molecule has 0 aliphatic heterocycles. The summed E-state index contributed by atoms with van der Waals surface area (Å²) in [7, 11) is 1.38. The van der Waals surface area contributed by atoms with Crippen LogP contribution in [0.15, 0.2) is 24.3 Å². The Morgan fingerprint density at radius 3 is 2.55 bits per heavy atom. The van der Waals surface area contributed by atoms with Crippen LogP contribution in [0.4, 0.5) is 4.39 Å². The Morgan fingerprint density at radius 2 is 1.90 bits per heavy atom. The van der Waals surface area contributed by atoms with E-state index in [0.717, 1.165) is 25.7 Å². The highest BCUT2D eigenvalue weighted by Gasteiger charge is 2.42. The van der Waals surface area contributed by atoms with Gasteiger partial charge in [-0.25, -0.2) is 4.39 Å². The van der Waals surface area contributed by atoms with Crippen LogP contribution < -0.4 is 0 Å². The summed E-state index contributed by atoms with van der Waals surface area (Å²) in [4.78, 5) is 23.4. The molecule has 1 saturated carbocycles. The second-order valence-electron chi connectivity index (χ2n) is 7.93. The van der Waals surface area contributed by atoms with Crippen LogP contribution in [0, 0.1) is 11.7 Å². The van der Waals surface area contributed by atoms with E-state index >= 15 is 0 Å². The summed E-state index contributed by atoms with van der Waals surface area (Å²) < 4.78 is 17.7. The molecule has 2 rings (SSSR count). The van der Waals surface area contributed by atoms with Crippen molar-refractivity contribution in [3.8, 4) is 0 Å². The van der Waals surface area contributed by atoms with E-state index in [-0.39, 0.29) is 35.2 Å². The van der Waals surface area contributed by atoms with Gasteiger partial charge in [-0.15, -0.1) is 0 Å². The number of esters is 1. The average Bonchev–Trinajstić information content (AvgIpc) is 2.95. The topological polar surface area (TPSA) is 83.8 Å². The molecule has 2 unspecified atom stereocenters. The molecule has 0 saturated heterocycles. The molecule has 4 atom stereocenters. The molecule has 1 aliphatic rings.